The predicted molar refractivity (Wildman–Crippen MR) is 115 cm³/mol. The minimum absolute atomic E-state index is 0.0686. The Morgan fingerprint density at radius 2 is 1.65 bits per heavy atom. The maximum absolute atomic E-state index is 12.3. The van der Waals surface area contributed by atoms with Crippen molar-refractivity contribution in [3.05, 3.63) is 70.3 Å². The van der Waals surface area contributed by atoms with Crippen LogP contribution in [0.2, 0.25) is 0 Å². The van der Waals surface area contributed by atoms with Crippen LogP contribution in [0.3, 0.4) is 0 Å². The summed E-state index contributed by atoms with van der Waals surface area (Å²) in [4.78, 5) is 34.5. The minimum Gasteiger partial charge on any atom is -0.461 e. The Kier molecular flexibility index (Phi) is 8.52. The molecule has 0 radical (unpaired) electrons. The van der Waals surface area contributed by atoms with Crippen molar-refractivity contribution in [2.75, 3.05) is 0 Å². The summed E-state index contributed by atoms with van der Waals surface area (Å²) >= 11 is 0. The van der Waals surface area contributed by atoms with Gasteiger partial charge in [-0.05, 0) is 24.6 Å². The molecule has 1 aliphatic rings. The van der Waals surface area contributed by atoms with Gasteiger partial charge < -0.3 is 29.2 Å². The third-order valence-corrected chi connectivity index (χ3v) is 5.13. The van der Waals surface area contributed by atoms with Gasteiger partial charge in [0.25, 0.3) is 5.69 Å². The van der Waals surface area contributed by atoms with Crippen molar-refractivity contribution in [3.63, 3.8) is 0 Å². The van der Waals surface area contributed by atoms with Crippen molar-refractivity contribution in [1.29, 1.82) is 0 Å². The van der Waals surface area contributed by atoms with Crippen molar-refractivity contribution in [3.8, 4) is 5.75 Å². The van der Waals surface area contributed by atoms with Crippen LogP contribution in [0.1, 0.15) is 25.3 Å². The second-order valence-corrected chi connectivity index (χ2v) is 7.66. The molecule has 3 rings (SSSR count). The van der Waals surface area contributed by atoms with Gasteiger partial charge in [0.15, 0.2) is 6.10 Å². The molecular formula is C23H25NO10. The zero-order valence-corrected chi connectivity index (χ0v) is 18.3. The number of carbonyl (C=O) groups is 2. The van der Waals surface area contributed by atoms with Gasteiger partial charge in [-0.3, -0.25) is 19.7 Å². The first-order valence-electron chi connectivity index (χ1n) is 10.6. The van der Waals surface area contributed by atoms with Crippen molar-refractivity contribution < 1.29 is 43.7 Å². The van der Waals surface area contributed by atoms with Crippen LogP contribution >= 0.6 is 0 Å². The van der Waals surface area contributed by atoms with E-state index in [0.29, 0.717) is 0 Å². The van der Waals surface area contributed by atoms with Crippen LogP contribution in [0.5, 0.6) is 5.75 Å². The summed E-state index contributed by atoms with van der Waals surface area (Å²) in [5.74, 6) is -1.27. The quantitative estimate of drug-likeness (QED) is 0.312. The maximum atomic E-state index is 12.3. The number of ether oxygens (including phenoxy) is 4. The highest BCUT2D eigenvalue weighted by molar-refractivity contribution is 5.77. The molecule has 182 valence electrons. The minimum atomic E-state index is -1.53. The topological polar surface area (TPSA) is 155 Å². The Hall–Kier alpha value is -3.54. The van der Waals surface area contributed by atoms with Crippen LogP contribution in [0, 0.1) is 10.1 Å². The lowest BCUT2D eigenvalue weighted by Gasteiger charge is -2.40. The van der Waals surface area contributed by atoms with Gasteiger partial charge in [0.05, 0.1) is 23.9 Å². The number of nitro groups is 1. The summed E-state index contributed by atoms with van der Waals surface area (Å²) in [5, 5.41) is 31.4. The number of esters is 2. The molecule has 11 nitrogen and oxygen atoms in total. The van der Waals surface area contributed by atoms with Gasteiger partial charge in [-0.25, -0.2) is 0 Å². The van der Waals surface area contributed by atoms with Gasteiger partial charge in [0.1, 0.15) is 24.6 Å². The summed E-state index contributed by atoms with van der Waals surface area (Å²) in [5.41, 5.74) is 0.651. The van der Waals surface area contributed by atoms with Crippen molar-refractivity contribution in [2.45, 2.75) is 57.1 Å². The first kappa shape index (κ1) is 25.1. The average molecular weight is 475 g/mol. The fourth-order valence-electron chi connectivity index (χ4n) is 3.23. The van der Waals surface area contributed by atoms with Crippen LogP contribution in [-0.4, -0.2) is 57.8 Å². The Bertz CT molecular complexity index is 981. The number of non-ortho nitro benzene ring substituents is 1. The van der Waals surface area contributed by atoms with E-state index in [-0.39, 0.29) is 30.9 Å². The molecule has 1 saturated heterocycles. The molecule has 0 unspecified atom stereocenters. The molecule has 1 aliphatic heterocycles. The number of hydrogen-bond donors (Lipinski definition) is 2. The van der Waals surface area contributed by atoms with Crippen LogP contribution in [0.4, 0.5) is 5.69 Å². The highest BCUT2D eigenvalue weighted by atomic mass is 16.7. The fourth-order valence-corrected chi connectivity index (χ4v) is 3.23. The van der Waals surface area contributed by atoms with Gasteiger partial charge >= 0.3 is 11.9 Å². The molecule has 0 spiro atoms. The molecule has 5 atom stereocenters. The Labute approximate surface area is 195 Å². The van der Waals surface area contributed by atoms with E-state index in [4.69, 9.17) is 18.9 Å². The van der Waals surface area contributed by atoms with Crippen LogP contribution in [0.15, 0.2) is 54.6 Å². The molecule has 11 heteroatoms. The number of rotatable bonds is 9. The van der Waals surface area contributed by atoms with Crippen LogP contribution in [0.25, 0.3) is 0 Å². The molecular weight excluding hydrogens is 450 g/mol. The van der Waals surface area contributed by atoms with E-state index in [1.54, 1.807) is 12.1 Å². The first-order chi connectivity index (χ1) is 16.2. The summed E-state index contributed by atoms with van der Waals surface area (Å²) < 4.78 is 21.5. The molecule has 2 aromatic rings. The summed E-state index contributed by atoms with van der Waals surface area (Å²) in [6.45, 7) is 1.57. The number of aliphatic hydroxyl groups is 2. The zero-order valence-electron chi connectivity index (χ0n) is 18.3. The van der Waals surface area contributed by atoms with E-state index in [2.05, 4.69) is 0 Å². The third kappa shape index (κ3) is 6.73. The zero-order chi connectivity index (χ0) is 24.7. The van der Waals surface area contributed by atoms with E-state index in [1.165, 1.54) is 31.2 Å². The number of aliphatic hydroxyl groups excluding tert-OH is 2. The van der Waals surface area contributed by atoms with Crippen LogP contribution in [-0.2, 0) is 30.4 Å². The Morgan fingerprint density at radius 1 is 1.00 bits per heavy atom. The molecule has 0 bridgehead atoms. The lowest BCUT2D eigenvalue weighted by molar-refractivity contribution is -0.384. The third-order valence-electron chi connectivity index (χ3n) is 5.13. The van der Waals surface area contributed by atoms with Gasteiger partial charge in [0, 0.05) is 12.1 Å². The van der Waals surface area contributed by atoms with Crippen molar-refractivity contribution in [1.82, 2.24) is 0 Å². The number of nitrogens with zero attached hydrogens (tertiary/aromatic N) is 1. The summed E-state index contributed by atoms with van der Waals surface area (Å²) in [6, 6.07) is 14.1. The molecule has 1 fully saturated rings. The van der Waals surface area contributed by atoms with Crippen molar-refractivity contribution in [2.24, 2.45) is 0 Å². The number of benzene rings is 2. The highest BCUT2D eigenvalue weighted by Gasteiger charge is 2.46. The van der Waals surface area contributed by atoms with Gasteiger partial charge in [-0.1, -0.05) is 30.3 Å². The predicted octanol–water partition coefficient (Wildman–Crippen LogP) is 1.88. The molecule has 34 heavy (non-hydrogen) atoms. The average Bonchev–Trinajstić information content (AvgIpc) is 2.83. The molecule has 0 saturated carbocycles. The number of hydrogen-bond acceptors (Lipinski definition) is 10. The largest absolute Gasteiger partial charge is 0.461 e. The van der Waals surface area contributed by atoms with E-state index in [1.807, 2.05) is 18.2 Å². The molecule has 2 N–H and O–H groups in total. The smallest absolute Gasteiger partial charge is 0.306 e. The fraction of sp³-hybridized carbons (Fsp3) is 0.391. The monoisotopic (exact) mass is 475 g/mol. The molecule has 0 aliphatic carbocycles. The maximum Gasteiger partial charge on any atom is 0.306 e. The molecule has 1 heterocycles. The van der Waals surface area contributed by atoms with Gasteiger partial charge in [-0.15, -0.1) is 0 Å². The van der Waals surface area contributed by atoms with E-state index >= 15 is 0 Å². The summed E-state index contributed by atoms with van der Waals surface area (Å²) in [7, 11) is 0. The SMILES string of the molecule is C[C@@H]1O[C@H](Oc2ccc([N+](=O)[O-])cc2)[C@@H](OC(=O)CCC(=O)OCc2ccccc2)[C@H](O)[C@@H]1O. The molecule has 2 aromatic carbocycles. The van der Waals surface area contributed by atoms with Gasteiger partial charge in [-0.2, -0.15) is 0 Å². The standard InChI is InChI=1S/C23H25NO10/c1-14-20(27)21(28)22(23(32-14)33-17-9-7-16(8-10-17)24(29)30)34-19(26)12-11-18(25)31-13-15-5-3-2-4-6-15/h2-10,14,20-23,27-28H,11-13H2,1H3/t14-,20+,21+,22-,23+/m0/s1. The molecule has 0 amide bonds. The Morgan fingerprint density at radius 3 is 2.29 bits per heavy atom. The Balaban J connectivity index is 1.56. The normalized spacial score (nSPS) is 24.1. The lowest BCUT2D eigenvalue weighted by atomic mass is 9.99. The van der Waals surface area contributed by atoms with Crippen LogP contribution < -0.4 is 4.74 Å². The first-order valence-corrected chi connectivity index (χ1v) is 10.6. The second kappa shape index (κ2) is 11.5. The summed E-state index contributed by atoms with van der Waals surface area (Å²) in [6.07, 6.45) is -7.01. The van der Waals surface area contributed by atoms with Crippen molar-refractivity contribution >= 4 is 17.6 Å². The van der Waals surface area contributed by atoms with E-state index < -0.39 is 47.6 Å². The number of nitro benzene ring substituents is 1. The lowest BCUT2D eigenvalue weighted by Crippen LogP contribution is -2.59. The second-order valence-electron chi connectivity index (χ2n) is 7.66. The number of carbonyl (C=O) groups excluding carboxylic acids is 2. The highest BCUT2D eigenvalue weighted by Crippen LogP contribution is 2.27. The molecule has 0 aromatic heterocycles. The van der Waals surface area contributed by atoms with Gasteiger partial charge in [0.2, 0.25) is 6.29 Å². The van der Waals surface area contributed by atoms with E-state index in [9.17, 15) is 29.9 Å². The van der Waals surface area contributed by atoms with E-state index in [0.717, 1.165) is 5.56 Å².